The molecule has 4 bridgehead atoms. The van der Waals surface area contributed by atoms with Gasteiger partial charge >= 0.3 is 7.69 Å². The van der Waals surface area contributed by atoms with Crippen LogP contribution in [0.25, 0.3) is 0 Å². The van der Waals surface area contributed by atoms with Crippen LogP contribution in [0, 0.1) is 0 Å². The highest BCUT2D eigenvalue weighted by atomic mass is 16.6. The van der Waals surface area contributed by atoms with Crippen LogP contribution in [0.2, 0.25) is 0 Å². The van der Waals surface area contributed by atoms with Gasteiger partial charge in [0.05, 0.1) is 11.2 Å². The van der Waals surface area contributed by atoms with Gasteiger partial charge in [-0.25, -0.2) is 0 Å². The van der Waals surface area contributed by atoms with Crippen LogP contribution < -0.4 is 22.1 Å². The third-order valence-electron chi connectivity index (χ3n) is 12.3. The Morgan fingerprint density at radius 3 is 1.37 bits per heavy atom. The lowest BCUT2D eigenvalue weighted by atomic mass is 9.56. The molecule has 2 unspecified atom stereocenters. The van der Waals surface area contributed by atoms with Crippen molar-refractivity contribution in [3.05, 3.63) is 70.8 Å². The van der Waals surface area contributed by atoms with Crippen molar-refractivity contribution in [2.75, 3.05) is 13.1 Å². The second-order valence-electron chi connectivity index (χ2n) is 15.3. The minimum absolute atomic E-state index is 0.0145. The third kappa shape index (κ3) is 8.24. The molecule has 0 saturated heterocycles. The first-order valence-corrected chi connectivity index (χ1v) is 18.4. The monoisotopic (exact) mass is 673 g/mol. The van der Waals surface area contributed by atoms with E-state index in [1.165, 1.54) is 7.69 Å². The summed E-state index contributed by atoms with van der Waals surface area (Å²) in [5, 5.41) is 27.3. The molecule has 6 aliphatic rings. The molecule has 1 radical (unpaired) electrons. The van der Waals surface area contributed by atoms with Gasteiger partial charge in [-0.2, -0.15) is 0 Å². The zero-order valence-electron chi connectivity index (χ0n) is 28.8. The number of hydrogen-bond acceptors (Lipinski definition) is 8. The van der Waals surface area contributed by atoms with Gasteiger partial charge in [0.1, 0.15) is 12.5 Å². The van der Waals surface area contributed by atoms with E-state index in [1.807, 2.05) is 36.4 Å². The largest absolute Gasteiger partial charge is 0.491 e. The van der Waals surface area contributed by atoms with Crippen LogP contribution in [-0.4, -0.2) is 66.5 Å². The molecule has 6 saturated carbocycles. The fraction of sp³-hybridized carbons (Fsp3) is 0.632. The highest BCUT2D eigenvalue weighted by Gasteiger charge is 2.49. The Morgan fingerprint density at radius 1 is 0.653 bits per heavy atom. The molecule has 2 amide bonds. The number of aliphatic hydroxyl groups is 2. The average Bonchev–Trinajstić information content (AvgIpc) is 3.13. The first-order chi connectivity index (χ1) is 23.6. The molecule has 11 heteroatoms. The molecule has 8 rings (SSSR count). The van der Waals surface area contributed by atoms with Crippen molar-refractivity contribution in [3.8, 4) is 0 Å². The number of amides is 2. The molecule has 265 valence electrons. The highest BCUT2D eigenvalue weighted by molar-refractivity contribution is 6.18. The Labute approximate surface area is 291 Å². The SMILES string of the molecule is NCCCC(NC(=O)c1cccc(C23CCC(O)(CC2)CC3)c1)O[B]OC(CCCN)NC(=O)c1cccc(C23CCC(O)(CC2)CC3)c1. The third-order valence-corrected chi connectivity index (χ3v) is 12.3. The standard InChI is InChI=1S/C38H54BN4O6/c40-23-3-9-31(42-33(44)27-5-1-7-29(25-27)35-11-17-37(46,18-12-35)19-13-35)48-39-49-32(10-4-24-41)43-34(45)28-6-2-8-30(26-28)36-14-20-38(47,21-15-36)22-16-36/h1-2,5-8,25-26,31-32,46-47H,3-4,9-24,40-41H2,(H,42,44)(H,43,45). The normalized spacial score (nSPS) is 30.0. The summed E-state index contributed by atoms with van der Waals surface area (Å²) >= 11 is 0. The van der Waals surface area contributed by atoms with Crippen LogP contribution in [0.4, 0.5) is 0 Å². The number of nitrogens with two attached hydrogens (primary N) is 2. The van der Waals surface area contributed by atoms with E-state index < -0.39 is 23.7 Å². The maximum Gasteiger partial charge on any atom is 0.491 e. The first-order valence-electron chi connectivity index (χ1n) is 18.4. The number of fused-ring (bicyclic) bond motifs is 6. The smallest absolute Gasteiger partial charge is 0.393 e. The van der Waals surface area contributed by atoms with Gasteiger partial charge < -0.3 is 41.6 Å². The van der Waals surface area contributed by atoms with Crippen molar-refractivity contribution < 1.29 is 29.1 Å². The molecular formula is C38H54BN4O6. The van der Waals surface area contributed by atoms with E-state index in [-0.39, 0.29) is 22.6 Å². The van der Waals surface area contributed by atoms with Crippen molar-refractivity contribution in [1.29, 1.82) is 0 Å². The predicted octanol–water partition coefficient (Wildman–Crippen LogP) is 4.22. The molecule has 8 N–H and O–H groups in total. The summed E-state index contributed by atoms with van der Waals surface area (Å²) in [4.78, 5) is 26.9. The molecule has 6 fully saturated rings. The van der Waals surface area contributed by atoms with Gasteiger partial charge in [-0.3, -0.25) is 9.59 Å². The molecule has 0 aromatic heterocycles. The van der Waals surface area contributed by atoms with E-state index in [0.717, 1.165) is 88.2 Å². The van der Waals surface area contributed by atoms with Crippen LogP contribution in [0.1, 0.15) is 135 Å². The molecular weight excluding hydrogens is 619 g/mol. The molecule has 0 heterocycles. The van der Waals surface area contributed by atoms with E-state index in [9.17, 15) is 19.8 Å². The van der Waals surface area contributed by atoms with E-state index in [4.69, 9.17) is 20.8 Å². The van der Waals surface area contributed by atoms with Gasteiger partial charge in [-0.05, 0) is 162 Å². The molecule has 0 aliphatic heterocycles. The topological polar surface area (TPSA) is 169 Å². The minimum atomic E-state index is -0.678. The summed E-state index contributed by atoms with van der Waals surface area (Å²) in [5.74, 6) is -0.491. The van der Waals surface area contributed by atoms with Crippen LogP contribution in [0.15, 0.2) is 48.5 Å². The predicted molar refractivity (Wildman–Crippen MR) is 189 cm³/mol. The van der Waals surface area contributed by atoms with E-state index in [0.29, 0.717) is 49.9 Å². The summed E-state index contributed by atoms with van der Waals surface area (Å²) in [6, 6.07) is 15.7. The lowest BCUT2D eigenvalue weighted by Crippen LogP contribution is -2.48. The van der Waals surface area contributed by atoms with E-state index in [1.54, 1.807) is 0 Å². The van der Waals surface area contributed by atoms with Gasteiger partial charge in [0.15, 0.2) is 0 Å². The number of carbonyl (C=O) groups is 2. The van der Waals surface area contributed by atoms with Crippen LogP contribution in [0.3, 0.4) is 0 Å². The zero-order chi connectivity index (χ0) is 34.5. The number of benzene rings is 2. The molecule has 49 heavy (non-hydrogen) atoms. The summed E-state index contributed by atoms with van der Waals surface area (Å²) in [5.41, 5.74) is 14.0. The molecule has 6 aliphatic carbocycles. The van der Waals surface area contributed by atoms with Crippen molar-refractivity contribution in [3.63, 3.8) is 0 Å². The molecule has 2 aromatic rings. The number of hydrogen-bond donors (Lipinski definition) is 6. The van der Waals surface area contributed by atoms with Crippen molar-refractivity contribution in [1.82, 2.24) is 10.6 Å². The molecule has 2 atom stereocenters. The Bertz CT molecular complexity index is 1310. The first kappa shape index (κ1) is 36.0. The summed E-state index contributed by atoms with van der Waals surface area (Å²) in [7, 11) is 1.20. The number of nitrogens with one attached hydrogen (secondary N) is 2. The summed E-state index contributed by atoms with van der Waals surface area (Å²) < 4.78 is 11.8. The lowest BCUT2D eigenvalue weighted by Gasteiger charge is -2.51. The second-order valence-corrected chi connectivity index (χ2v) is 15.3. The Hall–Kier alpha value is -2.80. The second kappa shape index (κ2) is 15.2. The van der Waals surface area contributed by atoms with Gasteiger partial charge in [0.2, 0.25) is 0 Å². The molecule has 10 nitrogen and oxygen atoms in total. The summed E-state index contributed by atoms with van der Waals surface area (Å²) in [6.45, 7) is 0.884. The molecule has 2 aromatic carbocycles. The number of carbonyl (C=O) groups excluding carboxylic acids is 2. The Kier molecular flexibility index (Phi) is 11.2. The zero-order valence-corrected chi connectivity index (χ0v) is 28.8. The molecule has 0 spiro atoms. The van der Waals surface area contributed by atoms with Gasteiger partial charge in [-0.1, -0.05) is 24.3 Å². The Morgan fingerprint density at radius 2 is 1.02 bits per heavy atom. The van der Waals surface area contributed by atoms with Crippen molar-refractivity contribution >= 4 is 19.5 Å². The summed E-state index contributed by atoms with van der Waals surface area (Å²) in [6.07, 6.45) is 11.3. The van der Waals surface area contributed by atoms with Crippen molar-refractivity contribution in [2.45, 2.75) is 137 Å². The van der Waals surface area contributed by atoms with Gasteiger partial charge in [-0.15, -0.1) is 0 Å². The van der Waals surface area contributed by atoms with E-state index in [2.05, 4.69) is 22.8 Å². The van der Waals surface area contributed by atoms with Crippen molar-refractivity contribution in [2.24, 2.45) is 11.5 Å². The van der Waals surface area contributed by atoms with Crippen LogP contribution in [-0.2, 0) is 20.1 Å². The Balaban J connectivity index is 1.05. The fourth-order valence-electron chi connectivity index (χ4n) is 8.76. The number of rotatable bonds is 16. The lowest BCUT2D eigenvalue weighted by molar-refractivity contribution is -0.0662. The van der Waals surface area contributed by atoms with E-state index >= 15 is 0 Å². The maximum atomic E-state index is 13.5. The average molecular weight is 674 g/mol. The highest BCUT2D eigenvalue weighted by Crippen LogP contribution is 2.54. The van der Waals surface area contributed by atoms with Crippen LogP contribution in [0.5, 0.6) is 0 Å². The fourth-order valence-corrected chi connectivity index (χ4v) is 8.76. The van der Waals surface area contributed by atoms with Gasteiger partial charge in [0.25, 0.3) is 11.8 Å². The van der Waals surface area contributed by atoms with Gasteiger partial charge in [0, 0.05) is 11.1 Å². The quantitative estimate of drug-likeness (QED) is 0.114. The maximum absolute atomic E-state index is 13.5. The van der Waals surface area contributed by atoms with Crippen LogP contribution >= 0.6 is 0 Å². The minimum Gasteiger partial charge on any atom is -0.393 e.